The second-order valence-corrected chi connectivity index (χ2v) is 6.76. The molecule has 0 saturated carbocycles. The molecule has 0 bridgehead atoms. The number of nitrogens with zero attached hydrogens (tertiary/aromatic N) is 3. The lowest BCUT2D eigenvalue weighted by atomic mass is 10.0. The van der Waals surface area contributed by atoms with Crippen LogP contribution in [0.4, 0.5) is 0 Å². The molecule has 0 N–H and O–H groups in total. The van der Waals surface area contributed by atoms with Gasteiger partial charge >= 0.3 is 0 Å². The van der Waals surface area contributed by atoms with Gasteiger partial charge < -0.3 is 9.42 Å². The van der Waals surface area contributed by atoms with Crippen molar-refractivity contribution in [3.8, 4) is 11.4 Å². The number of hydrogen-bond donors (Lipinski definition) is 0. The van der Waals surface area contributed by atoms with Crippen molar-refractivity contribution < 1.29 is 9.32 Å². The minimum atomic E-state index is -0.00352. The maximum Gasteiger partial charge on any atom is 0.246 e. The van der Waals surface area contributed by atoms with E-state index in [4.69, 9.17) is 16.1 Å². The van der Waals surface area contributed by atoms with Crippen molar-refractivity contribution in [1.29, 1.82) is 0 Å². The number of benzene rings is 2. The number of rotatable bonds is 5. The summed E-state index contributed by atoms with van der Waals surface area (Å²) < 4.78 is 5.27. The van der Waals surface area contributed by atoms with Gasteiger partial charge in [-0.2, -0.15) is 4.98 Å². The third-order valence-corrected chi connectivity index (χ3v) is 4.56. The van der Waals surface area contributed by atoms with Crippen molar-refractivity contribution in [1.82, 2.24) is 15.0 Å². The molecule has 0 spiro atoms. The van der Waals surface area contributed by atoms with E-state index in [9.17, 15) is 4.79 Å². The molecule has 134 valence electrons. The summed E-state index contributed by atoms with van der Waals surface area (Å²) in [6.45, 7) is 4.28. The molecule has 1 aromatic heterocycles. The summed E-state index contributed by atoms with van der Waals surface area (Å²) in [4.78, 5) is 18.5. The highest BCUT2D eigenvalue weighted by molar-refractivity contribution is 6.33. The highest BCUT2D eigenvalue weighted by Gasteiger charge is 2.16. The molecular weight excluding hydrogens is 350 g/mol. The Hall–Kier alpha value is -2.66. The summed E-state index contributed by atoms with van der Waals surface area (Å²) in [5, 5.41) is 4.52. The van der Waals surface area contributed by atoms with E-state index in [1.165, 1.54) is 0 Å². The highest BCUT2D eigenvalue weighted by Crippen LogP contribution is 2.25. The van der Waals surface area contributed by atoms with Gasteiger partial charge in [0.2, 0.25) is 17.6 Å². The Morgan fingerprint density at radius 2 is 1.96 bits per heavy atom. The third-order valence-electron chi connectivity index (χ3n) is 4.23. The molecule has 0 aliphatic heterocycles. The molecule has 26 heavy (non-hydrogen) atoms. The summed E-state index contributed by atoms with van der Waals surface area (Å²) in [6, 6.07) is 13.4. The van der Waals surface area contributed by atoms with Gasteiger partial charge in [0.25, 0.3) is 0 Å². The van der Waals surface area contributed by atoms with Crippen LogP contribution in [0.5, 0.6) is 0 Å². The van der Waals surface area contributed by atoms with Crippen LogP contribution < -0.4 is 0 Å². The number of aryl methyl sites for hydroxylation is 2. The molecular formula is C20H20ClN3O2. The van der Waals surface area contributed by atoms with Crippen molar-refractivity contribution in [3.05, 3.63) is 70.1 Å². The van der Waals surface area contributed by atoms with E-state index in [0.29, 0.717) is 28.7 Å². The fourth-order valence-corrected chi connectivity index (χ4v) is 2.87. The molecule has 0 fully saturated rings. The molecule has 3 aromatic rings. The Balaban J connectivity index is 1.68. The van der Waals surface area contributed by atoms with Crippen molar-refractivity contribution in [3.63, 3.8) is 0 Å². The number of hydrogen-bond acceptors (Lipinski definition) is 4. The molecule has 0 aliphatic carbocycles. The van der Waals surface area contributed by atoms with Gasteiger partial charge in [-0.25, -0.2) is 0 Å². The average Bonchev–Trinajstić information content (AvgIpc) is 3.06. The van der Waals surface area contributed by atoms with E-state index in [1.54, 1.807) is 18.0 Å². The van der Waals surface area contributed by atoms with Crippen LogP contribution in [0.3, 0.4) is 0 Å². The van der Waals surface area contributed by atoms with Gasteiger partial charge in [0, 0.05) is 12.6 Å². The molecule has 1 heterocycles. The normalized spacial score (nSPS) is 10.8. The molecule has 6 heteroatoms. The van der Waals surface area contributed by atoms with Crippen LogP contribution in [0.1, 0.15) is 22.6 Å². The molecule has 3 rings (SSSR count). The molecule has 0 saturated heterocycles. The van der Waals surface area contributed by atoms with E-state index in [-0.39, 0.29) is 12.5 Å². The first kappa shape index (κ1) is 18.1. The fraction of sp³-hybridized carbons (Fsp3) is 0.250. The first-order valence-electron chi connectivity index (χ1n) is 8.31. The minimum Gasteiger partial charge on any atom is -0.337 e. The van der Waals surface area contributed by atoms with E-state index < -0.39 is 0 Å². The van der Waals surface area contributed by atoms with Gasteiger partial charge in [0.15, 0.2) is 0 Å². The maximum atomic E-state index is 12.5. The Morgan fingerprint density at radius 3 is 2.73 bits per heavy atom. The Kier molecular flexibility index (Phi) is 5.38. The first-order chi connectivity index (χ1) is 12.4. The maximum absolute atomic E-state index is 12.5. The average molecular weight is 370 g/mol. The summed E-state index contributed by atoms with van der Waals surface area (Å²) in [5.41, 5.74) is 3.98. The highest BCUT2D eigenvalue weighted by atomic mass is 35.5. The number of aromatic nitrogens is 2. The Bertz CT molecular complexity index is 936. The number of carbonyl (C=O) groups is 1. The monoisotopic (exact) mass is 369 g/mol. The summed E-state index contributed by atoms with van der Waals surface area (Å²) in [7, 11) is 1.73. The first-order valence-corrected chi connectivity index (χ1v) is 8.69. The van der Waals surface area contributed by atoms with Crippen LogP contribution >= 0.6 is 11.6 Å². The number of carbonyl (C=O) groups excluding carboxylic acids is 1. The van der Waals surface area contributed by atoms with Crippen LogP contribution in [0.15, 0.2) is 47.0 Å². The lowest BCUT2D eigenvalue weighted by molar-refractivity contribution is -0.130. The van der Waals surface area contributed by atoms with E-state index in [2.05, 4.69) is 10.1 Å². The third kappa shape index (κ3) is 4.11. The van der Waals surface area contributed by atoms with E-state index >= 15 is 0 Å². The van der Waals surface area contributed by atoms with Crippen LogP contribution in [0, 0.1) is 13.8 Å². The largest absolute Gasteiger partial charge is 0.337 e. The second kappa shape index (κ2) is 7.70. The second-order valence-electron chi connectivity index (χ2n) is 6.35. The lowest BCUT2D eigenvalue weighted by Crippen LogP contribution is -2.28. The van der Waals surface area contributed by atoms with Crippen molar-refractivity contribution in [2.75, 3.05) is 7.05 Å². The van der Waals surface area contributed by atoms with Crippen molar-refractivity contribution in [2.45, 2.75) is 26.8 Å². The predicted molar refractivity (Wildman–Crippen MR) is 101 cm³/mol. The molecule has 5 nitrogen and oxygen atoms in total. The van der Waals surface area contributed by atoms with Gasteiger partial charge in [-0.05, 0) is 37.1 Å². The zero-order chi connectivity index (χ0) is 18.7. The summed E-state index contributed by atoms with van der Waals surface area (Å²) in [5.74, 6) is 0.786. The van der Waals surface area contributed by atoms with Gasteiger partial charge in [-0.3, -0.25) is 4.79 Å². The lowest BCUT2D eigenvalue weighted by Gasteiger charge is -2.16. The van der Waals surface area contributed by atoms with Gasteiger partial charge in [-0.15, -0.1) is 0 Å². The molecule has 2 aromatic carbocycles. The standard InChI is InChI=1S/C20H20ClN3O2/c1-13-8-9-14(2)15(10-13)11-19(25)24(3)12-18-22-20(23-26-18)16-6-4-5-7-17(16)21/h4-10H,11-12H2,1-3H3. The molecule has 0 atom stereocenters. The van der Waals surface area contributed by atoms with Crippen LogP contribution in [0.2, 0.25) is 5.02 Å². The van der Waals surface area contributed by atoms with Crippen LogP contribution in [-0.2, 0) is 17.8 Å². The van der Waals surface area contributed by atoms with Crippen molar-refractivity contribution >= 4 is 17.5 Å². The Labute approximate surface area is 157 Å². The number of likely N-dealkylation sites (N-methyl/N-ethyl adjacent to an activating group) is 1. The minimum absolute atomic E-state index is 0.00352. The zero-order valence-corrected chi connectivity index (χ0v) is 15.7. The summed E-state index contributed by atoms with van der Waals surface area (Å²) in [6.07, 6.45) is 0.343. The van der Waals surface area contributed by atoms with Crippen molar-refractivity contribution in [2.24, 2.45) is 0 Å². The summed E-state index contributed by atoms with van der Waals surface area (Å²) >= 11 is 6.16. The zero-order valence-electron chi connectivity index (χ0n) is 15.0. The molecule has 1 amide bonds. The smallest absolute Gasteiger partial charge is 0.246 e. The molecule has 0 unspecified atom stereocenters. The SMILES string of the molecule is Cc1ccc(C)c(CC(=O)N(C)Cc2nc(-c3ccccc3Cl)no2)c1. The van der Waals surface area contributed by atoms with Gasteiger partial charge in [0.1, 0.15) is 0 Å². The van der Waals surface area contributed by atoms with E-state index in [1.807, 2.05) is 50.2 Å². The van der Waals surface area contributed by atoms with Crippen LogP contribution in [-0.4, -0.2) is 28.0 Å². The predicted octanol–water partition coefficient (Wildman–Crippen LogP) is 4.21. The molecule has 0 aliphatic rings. The quantitative estimate of drug-likeness (QED) is 0.676. The number of amides is 1. The van der Waals surface area contributed by atoms with Crippen LogP contribution in [0.25, 0.3) is 11.4 Å². The van der Waals surface area contributed by atoms with Gasteiger partial charge in [0.05, 0.1) is 18.0 Å². The molecule has 0 radical (unpaired) electrons. The number of halogens is 1. The fourth-order valence-electron chi connectivity index (χ4n) is 2.65. The Morgan fingerprint density at radius 1 is 1.19 bits per heavy atom. The van der Waals surface area contributed by atoms with Gasteiger partial charge in [-0.1, -0.05) is 52.7 Å². The van der Waals surface area contributed by atoms with E-state index in [0.717, 1.165) is 16.7 Å². The topological polar surface area (TPSA) is 59.2 Å².